The predicted molar refractivity (Wildman–Crippen MR) is 51.4 cm³/mol. The maximum atomic E-state index is 11.1. The van der Waals surface area contributed by atoms with E-state index >= 15 is 0 Å². The van der Waals surface area contributed by atoms with Gasteiger partial charge in [-0.25, -0.2) is 0 Å². The van der Waals surface area contributed by atoms with Gasteiger partial charge in [0.15, 0.2) is 0 Å². The zero-order chi connectivity index (χ0) is 10.3. The second-order valence-corrected chi connectivity index (χ2v) is 3.39. The lowest BCUT2D eigenvalue weighted by atomic mass is 10.2. The number of aliphatic hydroxyl groups excluding tert-OH is 1. The molecule has 0 fully saturated rings. The van der Waals surface area contributed by atoms with E-state index in [1.54, 1.807) is 13.8 Å². The van der Waals surface area contributed by atoms with Crippen LogP contribution < -0.4 is 0 Å². The van der Waals surface area contributed by atoms with E-state index in [0.717, 1.165) is 19.3 Å². The summed E-state index contributed by atoms with van der Waals surface area (Å²) in [6, 6.07) is 0. The normalized spacial score (nSPS) is 15.1. The minimum absolute atomic E-state index is 0.207. The summed E-state index contributed by atoms with van der Waals surface area (Å²) in [5.74, 6) is -0.207. The molecule has 78 valence electrons. The van der Waals surface area contributed by atoms with Crippen LogP contribution in [-0.2, 0) is 9.53 Å². The molecule has 3 nitrogen and oxygen atoms in total. The molecule has 0 saturated carbocycles. The van der Waals surface area contributed by atoms with Gasteiger partial charge in [0.1, 0.15) is 6.10 Å². The minimum Gasteiger partial charge on any atom is -0.460 e. The van der Waals surface area contributed by atoms with E-state index in [2.05, 4.69) is 6.92 Å². The number of hydrogen-bond acceptors (Lipinski definition) is 3. The number of esters is 1. The summed E-state index contributed by atoms with van der Waals surface area (Å²) in [4.78, 5) is 11.1. The van der Waals surface area contributed by atoms with Crippen molar-refractivity contribution in [2.45, 2.75) is 58.7 Å². The number of unbranched alkanes of at least 4 members (excludes halogenated alkanes) is 2. The summed E-state index contributed by atoms with van der Waals surface area (Å²) in [5.41, 5.74) is 0. The Labute approximate surface area is 80.1 Å². The Balaban J connectivity index is 3.50. The molecule has 0 unspecified atom stereocenters. The molecule has 0 aromatic heterocycles. The molecule has 0 aliphatic rings. The largest absolute Gasteiger partial charge is 0.460 e. The summed E-state index contributed by atoms with van der Waals surface area (Å²) < 4.78 is 4.97. The summed E-state index contributed by atoms with van der Waals surface area (Å²) in [7, 11) is 0. The average Bonchev–Trinajstić information content (AvgIpc) is 2.04. The fourth-order valence-electron chi connectivity index (χ4n) is 0.884. The van der Waals surface area contributed by atoms with E-state index in [-0.39, 0.29) is 5.97 Å². The number of carbonyl (C=O) groups excluding carboxylic acids is 1. The summed E-state index contributed by atoms with van der Waals surface area (Å²) in [6.07, 6.45) is 2.51. The third-order valence-corrected chi connectivity index (χ3v) is 1.98. The first-order valence-corrected chi connectivity index (χ1v) is 4.95. The Morgan fingerprint density at radius 2 is 2.00 bits per heavy atom. The highest BCUT2D eigenvalue weighted by Crippen LogP contribution is 2.04. The van der Waals surface area contributed by atoms with Gasteiger partial charge in [0, 0.05) is 6.42 Å². The first-order chi connectivity index (χ1) is 6.07. The Morgan fingerprint density at radius 3 is 2.46 bits per heavy atom. The highest BCUT2D eigenvalue weighted by atomic mass is 16.6. The van der Waals surface area contributed by atoms with Crippen LogP contribution in [0.3, 0.4) is 0 Å². The monoisotopic (exact) mass is 188 g/mol. The second kappa shape index (κ2) is 6.89. The van der Waals surface area contributed by atoms with Crippen LogP contribution in [0.15, 0.2) is 0 Å². The van der Waals surface area contributed by atoms with Crippen LogP contribution in [0.2, 0.25) is 0 Å². The topological polar surface area (TPSA) is 46.5 Å². The van der Waals surface area contributed by atoms with Gasteiger partial charge in [-0.05, 0) is 20.3 Å². The molecule has 0 radical (unpaired) electrons. The van der Waals surface area contributed by atoms with Gasteiger partial charge >= 0.3 is 5.97 Å². The number of carbonyl (C=O) groups is 1. The van der Waals surface area contributed by atoms with E-state index in [4.69, 9.17) is 9.84 Å². The molecule has 0 aromatic rings. The molecule has 2 atom stereocenters. The Bertz CT molecular complexity index is 143. The molecule has 0 amide bonds. The Kier molecular flexibility index (Phi) is 6.59. The minimum atomic E-state index is -0.588. The lowest BCUT2D eigenvalue weighted by molar-refractivity contribution is -0.153. The smallest absolute Gasteiger partial charge is 0.306 e. The van der Waals surface area contributed by atoms with Crippen molar-refractivity contribution in [3.8, 4) is 0 Å². The SMILES string of the molecule is CCCCCC(=O)O[C@@H](C)[C@@H](C)O. The molecular formula is C10H20O3. The van der Waals surface area contributed by atoms with Crippen molar-refractivity contribution in [3.05, 3.63) is 0 Å². The molecule has 13 heavy (non-hydrogen) atoms. The zero-order valence-corrected chi connectivity index (χ0v) is 8.75. The molecule has 0 spiro atoms. The van der Waals surface area contributed by atoms with Crippen LogP contribution in [0, 0.1) is 0 Å². The number of aliphatic hydroxyl groups is 1. The molecule has 0 heterocycles. The van der Waals surface area contributed by atoms with E-state index in [1.807, 2.05) is 0 Å². The molecular weight excluding hydrogens is 168 g/mol. The quantitative estimate of drug-likeness (QED) is 0.511. The number of ether oxygens (including phenoxy) is 1. The molecule has 0 aliphatic carbocycles. The molecule has 0 saturated heterocycles. The van der Waals surface area contributed by atoms with Crippen LogP contribution in [0.1, 0.15) is 46.5 Å². The third-order valence-electron chi connectivity index (χ3n) is 1.98. The van der Waals surface area contributed by atoms with E-state index in [1.165, 1.54) is 0 Å². The fourth-order valence-corrected chi connectivity index (χ4v) is 0.884. The first kappa shape index (κ1) is 12.4. The molecule has 0 aliphatic heterocycles. The number of hydrogen-bond donors (Lipinski definition) is 1. The first-order valence-electron chi connectivity index (χ1n) is 4.95. The van der Waals surface area contributed by atoms with Crippen molar-refractivity contribution in [2.75, 3.05) is 0 Å². The molecule has 0 rings (SSSR count). The van der Waals surface area contributed by atoms with Crippen molar-refractivity contribution >= 4 is 5.97 Å². The van der Waals surface area contributed by atoms with E-state index in [0.29, 0.717) is 6.42 Å². The maximum Gasteiger partial charge on any atom is 0.306 e. The fraction of sp³-hybridized carbons (Fsp3) is 0.900. The molecule has 1 N–H and O–H groups in total. The van der Waals surface area contributed by atoms with E-state index in [9.17, 15) is 4.79 Å². The van der Waals surface area contributed by atoms with Gasteiger partial charge in [-0.3, -0.25) is 4.79 Å². The van der Waals surface area contributed by atoms with Crippen LogP contribution in [-0.4, -0.2) is 23.3 Å². The standard InChI is InChI=1S/C10H20O3/c1-4-5-6-7-10(12)13-9(3)8(2)11/h8-9,11H,4-7H2,1-3H3/t8-,9+/m1/s1. The van der Waals surface area contributed by atoms with Gasteiger partial charge in [-0.1, -0.05) is 19.8 Å². The van der Waals surface area contributed by atoms with Gasteiger partial charge in [0.25, 0.3) is 0 Å². The van der Waals surface area contributed by atoms with E-state index < -0.39 is 12.2 Å². The van der Waals surface area contributed by atoms with Crippen LogP contribution in [0.4, 0.5) is 0 Å². The van der Waals surface area contributed by atoms with Crippen LogP contribution in [0.25, 0.3) is 0 Å². The average molecular weight is 188 g/mol. The maximum absolute atomic E-state index is 11.1. The third kappa shape index (κ3) is 6.58. The van der Waals surface area contributed by atoms with Crippen molar-refractivity contribution in [1.29, 1.82) is 0 Å². The second-order valence-electron chi connectivity index (χ2n) is 3.39. The summed E-state index contributed by atoms with van der Waals surface area (Å²) >= 11 is 0. The Hall–Kier alpha value is -0.570. The van der Waals surface area contributed by atoms with Gasteiger partial charge in [0.2, 0.25) is 0 Å². The van der Waals surface area contributed by atoms with Gasteiger partial charge in [0.05, 0.1) is 6.10 Å². The summed E-state index contributed by atoms with van der Waals surface area (Å²) in [6.45, 7) is 5.40. The lowest BCUT2D eigenvalue weighted by Crippen LogP contribution is -2.25. The number of rotatable bonds is 6. The zero-order valence-electron chi connectivity index (χ0n) is 8.75. The van der Waals surface area contributed by atoms with Crippen molar-refractivity contribution in [2.24, 2.45) is 0 Å². The van der Waals surface area contributed by atoms with Crippen molar-refractivity contribution in [1.82, 2.24) is 0 Å². The molecule has 0 aromatic carbocycles. The van der Waals surface area contributed by atoms with Crippen LogP contribution in [0.5, 0.6) is 0 Å². The van der Waals surface area contributed by atoms with Crippen molar-refractivity contribution in [3.63, 3.8) is 0 Å². The highest BCUT2D eigenvalue weighted by molar-refractivity contribution is 5.69. The van der Waals surface area contributed by atoms with Crippen molar-refractivity contribution < 1.29 is 14.6 Å². The lowest BCUT2D eigenvalue weighted by Gasteiger charge is -2.15. The Morgan fingerprint density at radius 1 is 1.38 bits per heavy atom. The highest BCUT2D eigenvalue weighted by Gasteiger charge is 2.13. The van der Waals surface area contributed by atoms with Gasteiger partial charge in [-0.2, -0.15) is 0 Å². The predicted octanol–water partition coefficient (Wildman–Crippen LogP) is 1.88. The molecule has 0 bridgehead atoms. The van der Waals surface area contributed by atoms with Crippen LogP contribution >= 0.6 is 0 Å². The molecule has 3 heteroatoms. The van der Waals surface area contributed by atoms with Gasteiger partial charge in [-0.15, -0.1) is 0 Å². The van der Waals surface area contributed by atoms with Gasteiger partial charge < -0.3 is 9.84 Å². The summed E-state index contributed by atoms with van der Waals surface area (Å²) in [5, 5.41) is 9.06.